The first-order chi connectivity index (χ1) is 13.1. The second-order valence-electron chi connectivity index (χ2n) is 7.33. The molecule has 2 aromatic carbocycles. The topological polar surface area (TPSA) is 66.8 Å². The standard InChI is InChI=1S/C22H23NO4/c24-20(17-6-7-18-15-27-13-8-16(18)14-17)23-11-9-22(10-12-23,21(25)26)19-4-2-1-3-5-19/h1-7,14H,8-13,15H2,(H,25,26). The van der Waals surface area contributed by atoms with Gasteiger partial charge < -0.3 is 14.7 Å². The number of likely N-dealkylation sites (tertiary alicyclic amines) is 1. The molecule has 0 aromatic heterocycles. The molecule has 0 atom stereocenters. The number of fused-ring (bicyclic) bond motifs is 1. The molecule has 2 heterocycles. The first-order valence-electron chi connectivity index (χ1n) is 9.38. The lowest BCUT2D eigenvalue weighted by atomic mass is 9.72. The SMILES string of the molecule is O=C(c1ccc2c(c1)CCOC2)N1CCC(C(=O)O)(c2ccccc2)CC1. The van der Waals surface area contributed by atoms with E-state index < -0.39 is 11.4 Å². The monoisotopic (exact) mass is 365 g/mol. The Hall–Kier alpha value is -2.66. The third kappa shape index (κ3) is 3.23. The highest BCUT2D eigenvalue weighted by Crippen LogP contribution is 2.36. The molecule has 27 heavy (non-hydrogen) atoms. The number of hydrogen-bond acceptors (Lipinski definition) is 3. The van der Waals surface area contributed by atoms with E-state index in [1.165, 1.54) is 5.56 Å². The quantitative estimate of drug-likeness (QED) is 0.908. The first-order valence-corrected chi connectivity index (χ1v) is 9.38. The molecule has 0 bridgehead atoms. The molecule has 0 unspecified atom stereocenters. The summed E-state index contributed by atoms with van der Waals surface area (Å²) in [4.78, 5) is 26.8. The Kier molecular flexibility index (Phi) is 4.70. The summed E-state index contributed by atoms with van der Waals surface area (Å²) in [5.74, 6) is -0.828. The maximum Gasteiger partial charge on any atom is 0.314 e. The maximum absolute atomic E-state index is 13.0. The van der Waals surface area contributed by atoms with Crippen LogP contribution in [0.2, 0.25) is 0 Å². The van der Waals surface area contributed by atoms with Gasteiger partial charge in [0.2, 0.25) is 0 Å². The first kappa shape index (κ1) is 17.7. The highest BCUT2D eigenvalue weighted by molar-refractivity contribution is 5.95. The van der Waals surface area contributed by atoms with Crippen molar-refractivity contribution >= 4 is 11.9 Å². The molecular weight excluding hydrogens is 342 g/mol. The molecule has 140 valence electrons. The van der Waals surface area contributed by atoms with Crippen LogP contribution in [0.15, 0.2) is 48.5 Å². The van der Waals surface area contributed by atoms with Crippen LogP contribution in [0.4, 0.5) is 0 Å². The van der Waals surface area contributed by atoms with E-state index in [9.17, 15) is 14.7 Å². The number of carboxylic acid groups (broad SMARTS) is 1. The number of nitrogens with zero attached hydrogens (tertiary/aromatic N) is 1. The van der Waals surface area contributed by atoms with Crippen molar-refractivity contribution in [1.29, 1.82) is 0 Å². The molecular formula is C22H23NO4. The molecule has 0 radical (unpaired) electrons. The van der Waals surface area contributed by atoms with Gasteiger partial charge in [-0.15, -0.1) is 0 Å². The number of piperidine rings is 1. The molecule has 0 spiro atoms. The van der Waals surface area contributed by atoms with Crippen LogP contribution in [0, 0.1) is 0 Å². The van der Waals surface area contributed by atoms with Crippen molar-refractivity contribution in [2.75, 3.05) is 19.7 Å². The third-order valence-corrected chi connectivity index (χ3v) is 5.87. The zero-order valence-corrected chi connectivity index (χ0v) is 15.2. The van der Waals surface area contributed by atoms with Crippen molar-refractivity contribution in [2.45, 2.75) is 31.3 Å². The van der Waals surface area contributed by atoms with E-state index in [2.05, 4.69) is 0 Å². The van der Waals surface area contributed by atoms with E-state index in [4.69, 9.17) is 4.74 Å². The lowest BCUT2D eigenvalue weighted by Gasteiger charge is -2.39. The van der Waals surface area contributed by atoms with Crippen LogP contribution in [-0.2, 0) is 28.0 Å². The van der Waals surface area contributed by atoms with Gasteiger partial charge in [0.05, 0.1) is 18.6 Å². The zero-order valence-electron chi connectivity index (χ0n) is 15.2. The van der Waals surface area contributed by atoms with Crippen LogP contribution in [0.1, 0.15) is 39.9 Å². The van der Waals surface area contributed by atoms with Crippen LogP contribution >= 0.6 is 0 Å². The highest BCUT2D eigenvalue weighted by atomic mass is 16.5. The molecule has 4 rings (SSSR count). The Morgan fingerprint density at radius 2 is 1.74 bits per heavy atom. The molecule has 1 amide bonds. The smallest absolute Gasteiger partial charge is 0.314 e. The van der Waals surface area contributed by atoms with E-state index in [1.54, 1.807) is 4.90 Å². The Morgan fingerprint density at radius 3 is 2.44 bits per heavy atom. The number of hydrogen-bond donors (Lipinski definition) is 1. The van der Waals surface area contributed by atoms with Gasteiger partial charge in [0.25, 0.3) is 5.91 Å². The second-order valence-corrected chi connectivity index (χ2v) is 7.33. The zero-order chi connectivity index (χ0) is 18.9. The van der Waals surface area contributed by atoms with Gasteiger partial charge in [-0.25, -0.2) is 0 Å². The Labute approximate surface area is 158 Å². The average molecular weight is 365 g/mol. The minimum Gasteiger partial charge on any atom is -0.481 e. The summed E-state index contributed by atoms with van der Waals surface area (Å²) >= 11 is 0. The molecule has 1 saturated heterocycles. The predicted octanol–water partition coefficient (Wildman–Crippen LogP) is 3.02. The van der Waals surface area contributed by atoms with Crippen LogP contribution in [-0.4, -0.2) is 41.6 Å². The summed E-state index contributed by atoms with van der Waals surface area (Å²) in [6.07, 6.45) is 1.68. The fourth-order valence-electron chi connectivity index (χ4n) is 4.15. The van der Waals surface area contributed by atoms with Crippen molar-refractivity contribution in [2.24, 2.45) is 0 Å². The molecule has 0 aliphatic carbocycles. The number of aliphatic carboxylic acids is 1. The molecule has 5 heteroatoms. The Morgan fingerprint density at radius 1 is 1.00 bits per heavy atom. The molecule has 2 aliphatic rings. The molecule has 2 aromatic rings. The van der Waals surface area contributed by atoms with Crippen molar-refractivity contribution in [3.05, 3.63) is 70.8 Å². The maximum atomic E-state index is 13.0. The van der Waals surface area contributed by atoms with Gasteiger partial charge in [0.15, 0.2) is 0 Å². The molecule has 1 fully saturated rings. The normalized spacial score (nSPS) is 18.6. The van der Waals surface area contributed by atoms with Crippen molar-refractivity contribution in [3.8, 4) is 0 Å². The minimum atomic E-state index is -0.911. The molecule has 1 N–H and O–H groups in total. The largest absolute Gasteiger partial charge is 0.481 e. The number of amides is 1. The lowest BCUT2D eigenvalue weighted by Crippen LogP contribution is -2.49. The molecule has 5 nitrogen and oxygen atoms in total. The number of rotatable bonds is 3. The third-order valence-electron chi connectivity index (χ3n) is 5.87. The average Bonchev–Trinajstić information content (AvgIpc) is 2.73. The summed E-state index contributed by atoms with van der Waals surface area (Å²) in [6.45, 7) is 2.18. The van der Waals surface area contributed by atoms with Gasteiger partial charge in [-0.1, -0.05) is 36.4 Å². The molecule has 2 aliphatic heterocycles. The van der Waals surface area contributed by atoms with E-state index in [-0.39, 0.29) is 5.91 Å². The predicted molar refractivity (Wildman–Crippen MR) is 101 cm³/mol. The van der Waals surface area contributed by atoms with Crippen LogP contribution < -0.4 is 0 Å². The number of carboxylic acids is 1. The van der Waals surface area contributed by atoms with E-state index in [0.717, 1.165) is 17.5 Å². The number of carbonyl (C=O) groups excluding carboxylic acids is 1. The number of benzene rings is 2. The van der Waals surface area contributed by atoms with Crippen molar-refractivity contribution < 1.29 is 19.4 Å². The van der Waals surface area contributed by atoms with E-state index in [1.807, 2.05) is 48.5 Å². The lowest BCUT2D eigenvalue weighted by molar-refractivity contribution is -0.145. The fourth-order valence-corrected chi connectivity index (χ4v) is 4.15. The Balaban J connectivity index is 1.51. The van der Waals surface area contributed by atoms with E-state index >= 15 is 0 Å². The van der Waals surface area contributed by atoms with Gasteiger partial charge in [-0.05, 0) is 48.1 Å². The fraction of sp³-hybridized carbons (Fsp3) is 0.364. The summed E-state index contributed by atoms with van der Waals surface area (Å²) < 4.78 is 5.45. The molecule has 0 saturated carbocycles. The van der Waals surface area contributed by atoms with Gasteiger partial charge in [0, 0.05) is 18.7 Å². The van der Waals surface area contributed by atoms with Crippen molar-refractivity contribution in [1.82, 2.24) is 4.90 Å². The van der Waals surface area contributed by atoms with Gasteiger partial charge in [-0.2, -0.15) is 0 Å². The van der Waals surface area contributed by atoms with Crippen LogP contribution in [0.25, 0.3) is 0 Å². The van der Waals surface area contributed by atoms with Gasteiger partial charge in [-0.3, -0.25) is 9.59 Å². The summed E-state index contributed by atoms with van der Waals surface area (Å²) in [6, 6.07) is 15.2. The number of ether oxygens (including phenoxy) is 1. The number of carbonyl (C=O) groups is 2. The second kappa shape index (κ2) is 7.16. The minimum absolute atomic E-state index is 0.0173. The van der Waals surface area contributed by atoms with Gasteiger partial charge in [0.1, 0.15) is 0 Å². The highest BCUT2D eigenvalue weighted by Gasteiger charge is 2.43. The summed E-state index contributed by atoms with van der Waals surface area (Å²) in [5.41, 5.74) is 2.90. The van der Waals surface area contributed by atoms with Crippen LogP contribution in [0.5, 0.6) is 0 Å². The van der Waals surface area contributed by atoms with E-state index in [0.29, 0.717) is 44.7 Å². The summed E-state index contributed by atoms with van der Waals surface area (Å²) in [5, 5.41) is 9.90. The van der Waals surface area contributed by atoms with Crippen molar-refractivity contribution in [3.63, 3.8) is 0 Å². The van der Waals surface area contributed by atoms with Crippen LogP contribution in [0.3, 0.4) is 0 Å². The summed E-state index contributed by atoms with van der Waals surface area (Å²) in [7, 11) is 0. The van der Waals surface area contributed by atoms with Gasteiger partial charge >= 0.3 is 5.97 Å². The Bertz CT molecular complexity index is 854.